The lowest BCUT2D eigenvalue weighted by molar-refractivity contribution is -0.116. The van der Waals surface area contributed by atoms with Crippen molar-refractivity contribution in [1.82, 2.24) is 0 Å². The number of Topliss-reactive ketones (excluding diaryl/α,β-unsaturated/α-hetero) is 1. The highest BCUT2D eigenvalue weighted by Crippen LogP contribution is 2.07. The van der Waals surface area contributed by atoms with E-state index in [4.69, 9.17) is 5.53 Å². The van der Waals surface area contributed by atoms with Crippen molar-refractivity contribution in [2.45, 2.75) is 26.7 Å². The number of ketones is 1. The second kappa shape index (κ2) is 6.03. The van der Waals surface area contributed by atoms with E-state index in [0.717, 1.165) is 5.57 Å². The molecule has 0 saturated heterocycles. The van der Waals surface area contributed by atoms with Gasteiger partial charge in [0.05, 0.1) is 6.26 Å². The summed E-state index contributed by atoms with van der Waals surface area (Å²) in [7, 11) is -9.49. The highest BCUT2D eigenvalue weighted by atomic mass is 33.2. The molecular weight excluding hydrogens is 280 g/mol. The first kappa shape index (κ1) is 16.7. The van der Waals surface area contributed by atoms with Gasteiger partial charge in [-0.15, -0.1) is 4.79 Å². The van der Waals surface area contributed by atoms with E-state index >= 15 is 0 Å². The fraction of sp³-hybridized carbons (Fsp3) is 0.556. The normalized spacial score (nSPS) is 11.5. The van der Waals surface area contributed by atoms with E-state index in [1.54, 1.807) is 19.9 Å². The van der Waals surface area contributed by atoms with E-state index in [9.17, 15) is 21.6 Å². The van der Waals surface area contributed by atoms with Crippen LogP contribution in [-0.4, -0.2) is 38.7 Å². The molecule has 0 saturated carbocycles. The van der Waals surface area contributed by atoms with Crippen LogP contribution in [0.4, 0.5) is 0 Å². The summed E-state index contributed by atoms with van der Waals surface area (Å²) in [6.45, 7) is 3.58. The monoisotopic (exact) mass is 294 g/mol. The zero-order valence-electron chi connectivity index (χ0n) is 10.2. The molecule has 0 aromatic heterocycles. The Hall–Kier alpha value is -1.31. The Morgan fingerprint density at radius 3 is 2.06 bits per heavy atom. The van der Waals surface area contributed by atoms with Gasteiger partial charge in [-0.25, -0.2) is 8.42 Å². The van der Waals surface area contributed by atoms with Crippen LogP contribution in [0.3, 0.4) is 0 Å². The maximum atomic E-state index is 11.5. The molecule has 0 atom stereocenters. The third-order valence-corrected chi connectivity index (χ3v) is 6.33. The fourth-order valence-corrected chi connectivity index (χ4v) is 2.99. The van der Waals surface area contributed by atoms with Crippen LogP contribution >= 0.6 is 0 Å². The van der Waals surface area contributed by atoms with Crippen molar-refractivity contribution in [2.24, 2.45) is 0 Å². The summed E-state index contributed by atoms with van der Waals surface area (Å²) in [5.41, 5.74) is 9.44. The summed E-state index contributed by atoms with van der Waals surface area (Å²) in [5.74, 6) is -1.04. The van der Waals surface area contributed by atoms with E-state index in [1.807, 2.05) is 0 Å². The van der Waals surface area contributed by atoms with E-state index in [0.29, 0.717) is 6.26 Å². The molecule has 102 valence electrons. The molecule has 0 fully saturated rings. The van der Waals surface area contributed by atoms with Crippen molar-refractivity contribution in [3.8, 4) is 0 Å². The van der Waals surface area contributed by atoms with Gasteiger partial charge in [-0.1, -0.05) is 11.6 Å². The molecule has 0 heterocycles. The van der Waals surface area contributed by atoms with E-state index in [-0.39, 0.29) is 12.8 Å². The smallest absolute Gasteiger partial charge is 0.360 e. The summed E-state index contributed by atoms with van der Waals surface area (Å²) in [6.07, 6.45) is 2.09. The van der Waals surface area contributed by atoms with Crippen molar-refractivity contribution in [3.63, 3.8) is 0 Å². The molecule has 0 rings (SSSR count). The van der Waals surface area contributed by atoms with E-state index < -0.39 is 28.6 Å². The van der Waals surface area contributed by atoms with Gasteiger partial charge in [-0.2, -0.15) is 8.42 Å². The van der Waals surface area contributed by atoms with Crippen LogP contribution in [0, 0.1) is 0 Å². The Balaban J connectivity index is 5.24. The molecule has 9 heteroatoms. The first-order chi connectivity index (χ1) is 8.04. The molecule has 0 unspecified atom stereocenters. The maximum Gasteiger partial charge on any atom is 0.462 e. The van der Waals surface area contributed by atoms with Crippen LogP contribution in [0.15, 0.2) is 11.6 Å². The second-order valence-corrected chi connectivity index (χ2v) is 9.64. The molecule has 0 N–H and O–H groups in total. The van der Waals surface area contributed by atoms with Crippen molar-refractivity contribution in [2.75, 3.05) is 6.26 Å². The third-order valence-electron chi connectivity index (χ3n) is 1.89. The minimum Gasteiger partial charge on any atom is -0.360 e. The number of allylic oxidation sites excluding steroid dienone is 2. The molecule has 0 radical (unpaired) electrons. The lowest BCUT2D eigenvalue weighted by Gasteiger charge is -1.96. The van der Waals surface area contributed by atoms with Gasteiger partial charge in [0.1, 0.15) is 0 Å². The Morgan fingerprint density at radius 2 is 1.72 bits per heavy atom. The quantitative estimate of drug-likeness (QED) is 0.180. The number of nitrogens with zero attached hydrogens (tertiary/aromatic N) is 2. The highest BCUT2D eigenvalue weighted by molar-refractivity contribution is 8.73. The van der Waals surface area contributed by atoms with Gasteiger partial charge in [-0.05, 0) is 20.3 Å². The van der Waals surface area contributed by atoms with Gasteiger partial charge < -0.3 is 5.53 Å². The first-order valence-electron chi connectivity index (χ1n) is 4.87. The van der Waals surface area contributed by atoms with Gasteiger partial charge in [0, 0.05) is 6.42 Å². The third kappa shape index (κ3) is 4.17. The molecule has 0 spiro atoms. The van der Waals surface area contributed by atoms with Crippen molar-refractivity contribution in [3.05, 3.63) is 17.2 Å². The summed E-state index contributed by atoms with van der Waals surface area (Å²) >= 11 is 0. The molecule has 0 aromatic rings. The summed E-state index contributed by atoms with van der Waals surface area (Å²) in [5, 5.41) is -1.34. The predicted molar refractivity (Wildman–Crippen MR) is 66.1 cm³/mol. The van der Waals surface area contributed by atoms with Crippen LogP contribution < -0.4 is 0 Å². The lowest BCUT2D eigenvalue weighted by Crippen LogP contribution is -2.30. The van der Waals surface area contributed by atoms with Crippen LogP contribution in [0.25, 0.3) is 5.53 Å². The molecule has 0 aromatic carbocycles. The number of carbonyl (C=O) groups is 1. The lowest BCUT2D eigenvalue weighted by atomic mass is 10.2. The molecule has 18 heavy (non-hydrogen) atoms. The van der Waals surface area contributed by atoms with Gasteiger partial charge in [0.2, 0.25) is 0 Å². The Morgan fingerprint density at radius 1 is 1.22 bits per heavy atom. The molecule has 0 aliphatic carbocycles. The zero-order chi connectivity index (χ0) is 14.6. The number of carbonyl (C=O) groups excluding carboxylic acids is 1. The number of hydrogen-bond donors (Lipinski definition) is 0. The minimum atomic E-state index is -4.94. The summed E-state index contributed by atoms with van der Waals surface area (Å²) in [4.78, 5) is 13.8. The van der Waals surface area contributed by atoms with Crippen LogP contribution in [-0.2, 0) is 22.5 Å². The van der Waals surface area contributed by atoms with Gasteiger partial charge in [0.25, 0.3) is 14.7 Å². The van der Waals surface area contributed by atoms with E-state index in [1.165, 1.54) is 0 Å². The highest BCUT2D eigenvalue weighted by Gasteiger charge is 2.43. The second-order valence-electron chi connectivity index (χ2n) is 3.81. The number of rotatable bonds is 5. The molecule has 7 nitrogen and oxygen atoms in total. The van der Waals surface area contributed by atoms with E-state index in [2.05, 4.69) is 4.79 Å². The minimum absolute atomic E-state index is 0.236. The molecule has 0 amide bonds. The van der Waals surface area contributed by atoms with Crippen LogP contribution in [0.1, 0.15) is 26.7 Å². The van der Waals surface area contributed by atoms with Crippen molar-refractivity contribution < 1.29 is 26.4 Å². The Kier molecular flexibility index (Phi) is 5.59. The zero-order valence-corrected chi connectivity index (χ0v) is 11.9. The number of hydrogen-bond acceptors (Lipinski definition) is 5. The maximum absolute atomic E-state index is 11.5. The first-order valence-corrected chi connectivity index (χ1v) is 8.77. The average molecular weight is 294 g/mol. The van der Waals surface area contributed by atoms with Crippen LogP contribution in [0.5, 0.6) is 0 Å². The fourth-order valence-electron chi connectivity index (χ4n) is 0.987. The molecule has 0 aliphatic rings. The van der Waals surface area contributed by atoms with Gasteiger partial charge in [0.15, 0.2) is 0 Å². The summed E-state index contributed by atoms with van der Waals surface area (Å²) in [6, 6.07) is 0. The van der Waals surface area contributed by atoms with Crippen molar-refractivity contribution in [1.29, 1.82) is 0 Å². The topological polar surface area (TPSA) is 122 Å². The van der Waals surface area contributed by atoms with Crippen molar-refractivity contribution >= 4 is 28.6 Å². The van der Waals surface area contributed by atoms with Gasteiger partial charge in [-0.3, -0.25) is 4.79 Å². The SMILES string of the molecule is CC(C)=CCCC(=O)C(=[N+]=[N-])S(=O)(=O)S(C)(=O)=O. The molecule has 0 bridgehead atoms. The molecule has 0 aliphatic heterocycles. The van der Waals surface area contributed by atoms with Crippen LogP contribution in [0.2, 0.25) is 0 Å². The van der Waals surface area contributed by atoms with Gasteiger partial charge >= 0.3 is 13.9 Å². The standard InChI is InChI=1S/C9H14N2O5S2/c1-7(2)5-4-6-8(12)9(11-10)18(15,16)17(3,13)14/h5H,4,6H2,1-3H3. The summed E-state index contributed by atoms with van der Waals surface area (Å²) < 4.78 is 44.8. The Bertz CT molecular complexity index is 618. The average Bonchev–Trinajstić information content (AvgIpc) is 2.15. The predicted octanol–water partition coefficient (Wildman–Crippen LogP) is 0.305. The molecular formula is C9H14N2O5S2. The largest absolute Gasteiger partial charge is 0.462 e. The Labute approximate surface area is 105 Å².